The molecule has 2 aliphatic rings. The molecule has 0 N–H and O–H groups in total. The van der Waals surface area contributed by atoms with E-state index in [2.05, 4.69) is 46.0 Å². The van der Waals surface area contributed by atoms with Gasteiger partial charge < -0.3 is 14.0 Å². The van der Waals surface area contributed by atoms with E-state index in [-0.39, 0.29) is 16.6 Å². The lowest BCUT2D eigenvalue weighted by atomic mass is 10.2. The Kier molecular flexibility index (Phi) is 6.84. The minimum Gasteiger partial charge on any atom is -0.379 e. The van der Waals surface area contributed by atoms with Gasteiger partial charge in [-0.15, -0.1) is 0 Å². The molecule has 9 heteroatoms. The Morgan fingerprint density at radius 1 is 0.861 bits per heavy atom. The van der Waals surface area contributed by atoms with Gasteiger partial charge in [-0.2, -0.15) is 13.4 Å². The number of aryl methyl sites for hydroxylation is 1. The van der Waals surface area contributed by atoms with Crippen LogP contribution in [-0.4, -0.2) is 50.6 Å². The molecule has 0 atom stereocenters. The molecule has 1 saturated heterocycles. The van der Waals surface area contributed by atoms with Gasteiger partial charge >= 0.3 is 10.1 Å². The van der Waals surface area contributed by atoms with E-state index in [0.29, 0.717) is 4.91 Å². The van der Waals surface area contributed by atoms with Crippen LogP contribution in [0, 0.1) is 6.92 Å². The largest absolute Gasteiger partial charge is 0.379 e. The van der Waals surface area contributed by atoms with Crippen LogP contribution in [0.1, 0.15) is 11.1 Å². The number of nitrogens with zero attached hydrogens (tertiary/aromatic N) is 3. The van der Waals surface area contributed by atoms with Crippen LogP contribution in [0.3, 0.4) is 0 Å². The SMILES string of the molecule is Cc1ccc(N2CCN(C3=NC(=O)/C(=C/c4ccc(OS(=O)(=O)c5ccccc5)cc4)S3)CC2)cc1. The Labute approximate surface area is 215 Å². The summed E-state index contributed by atoms with van der Waals surface area (Å²) in [4.78, 5) is 21.9. The van der Waals surface area contributed by atoms with E-state index in [0.717, 1.165) is 36.9 Å². The van der Waals surface area contributed by atoms with Crippen LogP contribution in [-0.2, 0) is 14.9 Å². The molecule has 5 rings (SSSR count). The predicted octanol–water partition coefficient (Wildman–Crippen LogP) is 4.56. The fourth-order valence-corrected chi connectivity index (χ4v) is 5.89. The molecule has 36 heavy (non-hydrogen) atoms. The van der Waals surface area contributed by atoms with Crippen molar-refractivity contribution in [1.82, 2.24) is 4.90 Å². The predicted molar refractivity (Wildman–Crippen MR) is 144 cm³/mol. The Bertz CT molecular complexity index is 1410. The molecule has 0 aromatic heterocycles. The van der Waals surface area contributed by atoms with Gasteiger partial charge in [0, 0.05) is 31.9 Å². The van der Waals surface area contributed by atoms with E-state index < -0.39 is 10.1 Å². The topological polar surface area (TPSA) is 79.3 Å². The van der Waals surface area contributed by atoms with Crippen LogP contribution in [0.5, 0.6) is 5.75 Å². The van der Waals surface area contributed by atoms with Crippen LogP contribution >= 0.6 is 11.8 Å². The highest BCUT2D eigenvalue weighted by molar-refractivity contribution is 8.18. The normalized spacial score (nSPS) is 17.4. The van der Waals surface area contributed by atoms with Crippen LogP contribution in [0.15, 0.2) is 93.7 Å². The van der Waals surface area contributed by atoms with Crippen molar-refractivity contribution in [3.8, 4) is 5.75 Å². The van der Waals surface area contributed by atoms with Crippen molar-refractivity contribution in [3.05, 3.63) is 94.9 Å². The Balaban J connectivity index is 1.19. The molecular weight excluding hydrogens is 494 g/mol. The number of anilines is 1. The number of aliphatic imine (C=N–C) groups is 1. The van der Waals surface area contributed by atoms with E-state index >= 15 is 0 Å². The number of hydrogen-bond donors (Lipinski definition) is 0. The van der Waals surface area contributed by atoms with Crippen molar-refractivity contribution < 1.29 is 17.4 Å². The fourth-order valence-electron chi connectivity index (χ4n) is 3.98. The van der Waals surface area contributed by atoms with Gasteiger partial charge in [0.2, 0.25) is 0 Å². The quantitative estimate of drug-likeness (QED) is 0.361. The zero-order valence-corrected chi connectivity index (χ0v) is 21.3. The van der Waals surface area contributed by atoms with Gasteiger partial charge in [-0.05, 0) is 66.7 Å². The first-order chi connectivity index (χ1) is 17.4. The lowest BCUT2D eigenvalue weighted by molar-refractivity contribution is -0.113. The third-order valence-electron chi connectivity index (χ3n) is 5.97. The maximum Gasteiger partial charge on any atom is 0.339 e. The highest BCUT2D eigenvalue weighted by Gasteiger charge is 2.28. The molecule has 0 saturated carbocycles. The summed E-state index contributed by atoms with van der Waals surface area (Å²) in [6, 6.07) is 23.1. The first kappa shape index (κ1) is 24.1. The van der Waals surface area contributed by atoms with Crippen molar-refractivity contribution in [2.24, 2.45) is 4.99 Å². The summed E-state index contributed by atoms with van der Waals surface area (Å²) in [7, 11) is -3.90. The monoisotopic (exact) mass is 519 g/mol. The van der Waals surface area contributed by atoms with Crippen molar-refractivity contribution in [2.75, 3.05) is 31.1 Å². The number of thioether (sulfide) groups is 1. The first-order valence-electron chi connectivity index (χ1n) is 11.6. The van der Waals surface area contributed by atoms with E-state index in [1.807, 2.05) is 0 Å². The lowest BCUT2D eigenvalue weighted by Crippen LogP contribution is -2.47. The van der Waals surface area contributed by atoms with Crippen molar-refractivity contribution in [1.29, 1.82) is 0 Å². The number of rotatable bonds is 5. The summed E-state index contributed by atoms with van der Waals surface area (Å²) in [6.07, 6.45) is 1.77. The Morgan fingerprint density at radius 2 is 1.50 bits per heavy atom. The minimum atomic E-state index is -3.90. The molecule has 3 aromatic rings. The molecule has 1 fully saturated rings. The molecule has 0 aliphatic carbocycles. The van der Waals surface area contributed by atoms with Gasteiger partial charge in [-0.3, -0.25) is 4.79 Å². The molecule has 1 amide bonds. The second kappa shape index (κ2) is 10.2. The van der Waals surface area contributed by atoms with Gasteiger partial charge in [-0.25, -0.2) is 0 Å². The molecule has 3 aromatic carbocycles. The van der Waals surface area contributed by atoms with Crippen molar-refractivity contribution >= 4 is 44.7 Å². The number of carbonyl (C=O) groups is 1. The van der Waals surface area contributed by atoms with Gasteiger partial charge in [0.05, 0.1) is 4.91 Å². The first-order valence-corrected chi connectivity index (χ1v) is 13.8. The number of benzene rings is 3. The summed E-state index contributed by atoms with van der Waals surface area (Å²) in [5.41, 5.74) is 3.21. The highest BCUT2D eigenvalue weighted by atomic mass is 32.2. The highest BCUT2D eigenvalue weighted by Crippen LogP contribution is 2.31. The molecule has 0 bridgehead atoms. The second-order valence-corrected chi connectivity index (χ2v) is 11.1. The average molecular weight is 520 g/mol. The number of amides is 1. The minimum absolute atomic E-state index is 0.0912. The average Bonchev–Trinajstić information content (AvgIpc) is 3.26. The second-order valence-electron chi connectivity index (χ2n) is 8.54. The third kappa shape index (κ3) is 5.47. The number of amidine groups is 1. The number of piperazine rings is 1. The number of hydrogen-bond acceptors (Lipinski definition) is 7. The van der Waals surface area contributed by atoms with Gasteiger partial charge in [0.1, 0.15) is 10.6 Å². The lowest BCUT2D eigenvalue weighted by Gasteiger charge is -2.36. The fraction of sp³-hybridized carbons (Fsp3) is 0.185. The molecule has 0 radical (unpaired) electrons. The van der Waals surface area contributed by atoms with Crippen LogP contribution in [0.4, 0.5) is 5.69 Å². The van der Waals surface area contributed by atoms with E-state index in [9.17, 15) is 13.2 Å². The maximum absolute atomic E-state index is 12.5. The third-order valence-corrected chi connectivity index (χ3v) is 8.28. The van der Waals surface area contributed by atoms with E-state index in [4.69, 9.17) is 4.18 Å². The van der Waals surface area contributed by atoms with Crippen molar-refractivity contribution in [2.45, 2.75) is 11.8 Å². The number of carbonyl (C=O) groups excluding carboxylic acids is 1. The molecule has 2 heterocycles. The molecule has 0 unspecified atom stereocenters. The Morgan fingerprint density at radius 3 is 2.17 bits per heavy atom. The molecule has 7 nitrogen and oxygen atoms in total. The summed E-state index contributed by atoms with van der Waals surface area (Å²) in [6.45, 7) is 5.40. The summed E-state index contributed by atoms with van der Waals surface area (Å²) in [5, 5.41) is 0.726. The molecule has 2 aliphatic heterocycles. The van der Waals surface area contributed by atoms with Crippen molar-refractivity contribution in [3.63, 3.8) is 0 Å². The smallest absolute Gasteiger partial charge is 0.339 e. The molecule has 0 spiro atoms. The molecular formula is C27H25N3O4S2. The van der Waals surface area contributed by atoms with E-state index in [1.54, 1.807) is 48.5 Å². The van der Waals surface area contributed by atoms with Gasteiger partial charge in [0.25, 0.3) is 5.91 Å². The zero-order valence-electron chi connectivity index (χ0n) is 19.7. The maximum atomic E-state index is 12.5. The summed E-state index contributed by atoms with van der Waals surface area (Å²) >= 11 is 1.37. The van der Waals surface area contributed by atoms with Crippen LogP contribution in [0.25, 0.3) is 6.08 Å². The van der Waals surface area contributed by atoms with Crippen LogP contribution < -0.4 is 9.08 Å². The van der Waals surface area contributed by atoms with Gasteiger partial charge in [-0.1, -0.05) is 48.0 Å². The van der Waals surface area contributed by atoms with Crippen LogP contribution in [0.2, 0.25) is 0 Å². The summed E-state index contributed by atoms with van der Waals surface area (Å²) < 4.78 is 30.0. The molecule has 184 valence electrons. The Hall–Kier alpha value is -3.56. The zero-order chi connectivity index (χ0) is 25.1. The standard InChI is InChI=1S/C27H25N3O4S2/c1-20-7-11-22(12-8-20)29-15-17-30(18-16-29)27-28-26(31)25(35-27)19-21-9-13-23(14-10-21)34-36(32,33)24-5-3-2-4-6-24/h2-14,19H,15-18H2,1H3/b25-19-. The summed E-state index contributed by atoms with van der Waals surface area (Å²) in [5.74, 6) is -0.0577. The van der Waals surface area contributed by atoms with Gasteiger partial charge in [0.15, 0.2) is 5.17 Å². The van der Waals surface area contributed by atoms with E-state index in [1.165, 1.54) is 35.1 Å².